The number of unbranched alkanes of at least 4 members (excludes halogenated alkanes) is 14. The Labute approximate surface area is 438 Å². The van der Waals surface area contributed by atoms with Gasteiger partial charge in [-0.05, 0) is 24.6 Å². The Hall–Kier alpha value is -3.38. The Balaban J connectivity index is 1.39. The summed E-state index contributed by atoms with van der Waals surface area (Å²) >= 11 is 0. The predicted molar refractivity (Wildman–Crippen MR) is 265 cm³/mol. The van der Waals surface area contributed by atoms with Crippen LogP contribution in [0.15, 0.2) is 30.5 Å². The molecule has 3 aliphatic rings. The van der Waals surface area contributed by atoms with Gasteiger partial charge >= 0.3 is 5.97 Å². The van der Waals surface area contributed by atoms with Crippen molar-refractivity contribution in [3.05, 3.63) is 36.2 Å². The van der Waals surface area contributed by atoms with Gasteiger partial charge in [-0.25, -0.2) is 4.79 Å². The third-order valence-corrected chi connectivity index (χ3v) is 13.8. The zero-order chi connectivity index (χ0) is 55.1. The highest BCUT2D eigenvalue weighted by molar-refractivity contribution is 5.77. The molecule has 18 atom stereocenters. The molecular formula is C51H85N3O21. The predicted octanol–water partition coefficient (Wildman–Crippen LogP) is -0.983. The molecule has 75 heavy (non-hydrogen) atoms. The lowest BCUT2D eigenvalue weighted by Crippen LogP contribution is -2.70. The third kappa shape index (κ3) is 19.5. The molecule has 3 fully saturated rings. The Kier molecular flexibility index (Phi) is 28.4. The smallest absolute Gasteiger partial charge is 0.364 e. The van der Waals surface area contributed by atoms with Crippen LogP contribution in [0.2, 0.25) is 0 Å². The normalized spacial score (nSPS) is 31.9. The van der Waals surface area contributed by atoms with E-state index in [-0.39, 0.29) is 12.3 Å². The molecule has 0 radical (unpaired) electrons. The van der Waals surface area contributed by atoms with Crippen molar-refractivity contribution in [1.29, 1.82) is 0 Å². The number of aromatic nitrogens is 1. The van der Waals surface area contributed by atoms with Crippen LogP contribution in [-0.4, -0.2) is 220 Å². The Bertz CT molecular complexity index is 1820. The van der Waals surface area contributed by atoms with Crippen LogP contribution in [0.1, 0.15) is 129 Å². The number of amides is 2. The fourth-order valence-corrected chi connectivity index (χ4v) is 9.45. The number of aliphatic hydroxyl groups is 11. The number of hydrogen-bond donors (Lipinski definition) is 14. The summed E-state index contributed by atoms with van der Waals surface area (Å²) in [6.07, 6.45) is -7.75. The molecule has 1 aromatic rings. The highest BCUT2D eigenvalue weighted by Crippen LogP contribution is 2.38. The number of carbonyl (C=O) groups excluding carboxylic acids is 2. The lowest BCUT2D eigenvalue weighted by Gasteiger charge is -2.50. The second-order valence-electron chi connectivity index (χ2n) is 19.8. The molecule has 24 nitrogen and oxygen atoms in total. The van der Waals surface area contributed by atoms with Crippen molar-refractivity contribution in [2.24, 2.45) is 0 Å². The molecule has 3 saturated heterocycles. The van der Waals surface area contributed by atoms with Crippen molar-refractivity contribution >= 4 is 23.9 Å². The molecule has 24 heteroatoms. The molecule has 4 heterocycles. The zero-order valence-corrected chi connectivity index (χ0v) is 43.1. The first-order valence-electron chi connectivity index (χ1n) is 26.5. The summed E-state index contributed by atoms with van der Waals surface area (Å²) in [6.45, 7) is -0.237. The van der Waals surface area contributed by atoms with Crippen LogP contribution in [0, 0.1) is 0 Å². The first-order valence-corrected chi connectivity index (χ1v) is 26.5. The lowest BCUT2D eigenvalue weighted by atomic mass is 9.88. The van der Waals surface area contributed by atoms with Gasteiger partial charge in [-0.15, -0.1) is 0 Å². The summed E-state index contributed by atoms with van der Waals surface area (Å²) in [5, 5.41) is 135. The SMILES string of the molecule is CCCCCCCCCCCCCCCCCC(=O)N[C@@H](CO[C@@H]1O[C@H](CO)[C@@H](O[C@@H]2O[C@H](CO)[C@H](O)[C@H](O[C@]3(C(=O)O)C[C@H](O)C(NC(C)=O)C([C@H](O)[C@H](O)CO)O3)[C@H]2O)[C@H](O)[C@H]1O)[C@H](O)/C=C/c1ccccn1. The Morgan fingerprint density at radius 1 is 0.787 bits per heavy atom. The van der Waals surface area contributed by atoms with Crippen molar-refractivity contribution in [3.8, 4) is 0 Å². The molecule has 4 rings (SSSR count). The van der Waals surface area contributed by atoms with E-state index < -0.39 is 155 Å². The fourth-order valence-electron chi connectivity index (χ4n) is 9.45. The molecule has 0 bridgehead atoms. The van der Waals surface area contributed by atoms with Crippen LogP contribution >= 0.6 is 0 Å². The molecule has 3 aliphatic heterocycles. The number of carbonyl (C=O) groups is 3. The summed E-state index contributed by atoms with van der Waals surface area (Å²) in [5.41, 5.74) is 0.513. The number of aliphatic carboxylic acids is 1. The van der Waals surface area contributed by atoms with Crippen LogP contribution in [0.25, 0.3) is 6.08 Å². The molecule has 0 aromatic carbocycles. The van der Waals surface area contributed by atoms with Gasteiger partial charge in [0.25, 0.3) is 5.79 Å². The van der Waals surface area contributed by atoms with Crippen LogP contribution in [0.5, 0.6) is 0 Å². The second-order valence-corrected chi connectivity index (χ2v) is 19.8. The molecule has 0 aliphatic carbocycles. The highest BCUT2D eigenvalue weighted by Gasteiger charge is 2.60. The lowest BCUT2D eigenvalue weighted by molar-refractivity contribution is -0.386. The van der Waals surface area contributed by atoms with E-state index in [0.717, 1.165) is 32.6 Å². The maximum Gasteiger partial charge on any atom is 0.364 e. The number of nitrogens with zero attached hydrogens (tertiary/aromatic N) is 1. The van der Waals surface area contributed by atoms with Gasteiger partial charge in [-0.3, -0.25) is 14.6 Å². The summed E-state index contributed by atoms with van der Waals surface area (Å²) in [7, 11) is 0. The summed E-state index contributed by atoms with van der Waals surface area (Å²) in [5.74, 6) is -6.22. The van der Waals surface area contributed by atoms with Gasteiger partial charge in [0, 0.05) is 26.0 Å². The number of hydrogen-bond acceptors (Lipinski definition) is 21. The number of nitrogens with one attached hydrogen (secondary N) is 2. The van der Waals surface area contributed by atoms with Crippen molar-refractivity contribution in [3.63, 3.8) is 0 Å². The standard InChI is InChI=1S/C51H85N3O21/c1-3-4-5-6-7-8-9-10-11-12-13-14-15-16-17-21-38(62)54-32(33(59)23-22-31-20-18-19-24-52-31)29-70-48-43(66)42(65)45(37(28-57)72-48)73-49-44(67)47(41(64)36(27-56)71-49)75-51(50(68)69)25-34(60)39(53-30(2)58)46(74-51)40(63)35(61)26-55/h18-20,22-24,32-37,39-49,55-57,59-61,63-67H,3-17,21,25-29H2,1-2H3,(H,53,58)(H,54,62)(H,68,69)/b23-22+/t32-,33+,34-,35+,36+,37+,39?,40+,41-,42+,43+,44+,45+,46?,47-,48+,49-,51-/m0/s1. The Morgan fingerprint density at radius 2 is 1.39 bits per heavy atom. The van der Waals surface area contributed by atoms with Crippen LogP contribution < -0.4 is 10.6 Å². The van der Waals surface area contributed by atoms with Gasteiger partial charge in [-0.1, -0.05) is 109 Å². The van der Waals surface area contributed by atoms with Gasteiger partial charge < -0.3 is 100 Å². The molecule has 2 unspecified atom stereocenters. The minimum Gasteiger partial charge on any atom is -0.477 e. The van der Waals surface area contributed by atoms with E-state index in [9.17, 15) is 75.7 Å². The van der Waals surface area contributed by atoms with E-state index in [2.05, 4.69) is 22.5 Å². The van der Waals surface area contributed by atoms with Crippen LogP contribution in [-0.2, 0) is 42.8 Å². The third-order valence-electron chi connectivity index (χ3n) is 13.8. The molecule has 430 valence electrons. The van der Waals surface area contributed by atoms with E-state index in [0.29, 0.717) is 12.1 Å². The fraction of sp³-hybridized carbons (Fsp3) is 0.804. The zero-order valence-electron chi connectivity index (χ0n) is 43.1. The number of pyridine rings is 1. The molecule has 0 saturated carbocycles. The number of carboxylic acid groups (broad SMARTS) is 1. The highest BCUT2D eigenvalue weighted by atomic mass is 16.8. The largest absolute Gasteiger partial charge is 0.477 e. The molecule has 2 amide bonds. The maximum atomic E-state index is 13.2. The number of rotatable bonds is 34. The van der Waals surface area contributed by atoms with Crippen molar-refractivity contribution in [2.75, 3.05) is 26.4 Å². The first-order chi connectivity index (χ1) is 35.9. The van der Waals surface area contributed by atoms with Crippen LogP contribution in [0.3, 0.4) is 0 Å². The quantitative estimate of drug-likeness (QED) is 0.0369. The van der Waals surface area contributed by atoms with Gasteiger partial charge in [0.2, 0.25) is 11.8 Å². The topological polar surface area (TPSA) is 386 Å². The van der Waals surface area contributed by atoms with Gasteiger partial charge in [-0.2, -0.15) is 0 Å². The first kappa shape index (κ1) is 64.1. The monoisotopic (exact) mass is 1080 g/mol. The number of ether oxygens (including phenoxy) is 6. The summed E-state index contributed by atoms with van der Waals surface area (Å²) in [6, 6.07) is 2.46. The minimum atomic E-state index is -3.09. The van der Waals surface area contributed by atoms with E-state index in [1.807, 2.05) is 0 Å². The average molecular weight is 1080 g/mol. The summed E-state index contributed by atoms with van der Waals surface area (Å²) < 4.78 is 34.4. The van der Waals surface area contributed by atoms with Crippen molar-refractivity contribution in [1.82, 2.24) is 15.6 Å². The average Bonchev–Trinajstić information content (AvgIpc) is 3.39. The second kappa shape index (κ2) is 33.1. The summed E-state index contributed by atoms with van der Waals surface area (Å²) in [4.78, 5) is 42.4. The van der Waals surface area contributed by atoms with E-state index in [1.165, 1.54) is 76.4 Å². The molecule has 14 N–H and O–H groups in total. The molecular weight excluding hydrogens is 991 g/mol. The van der Waals surface area contributed by atoms with Crippen molar-refractivity contribution < 1.29 is 104 Å². The maximum absolute atomic E-state index is 13.2. The van der Waals surface area contributed by atoms with E-state index >= 15 is 0 Å². The molecule has 1 aromatic heterocycles. The van der Waals surface area contributed by atoms with Gasteiger partial charge in [0.15, 0.2) is 12.6 Å². The minimum absolute atomic E-state index is 0.164. The van der Waals surface area contributed by atoms with Crippen LogP contribution in [0.4, 0.5) is 0 Å². The number of aliphatic hydroxyl groups excluding tert-OH is 11. The van der Waals surface area contributed by atoms with Gasteiger partial charge in [0.05, 0.1) is 56.4 Å². The van der Waals surface area contributed by atoms with E-state index in [4.69, 9.17) is 28.4 Å². The Morgan fingerprint density at radius 3 is 1.93 bits per heavy atom. The number of carboxylic acids is 1. The van der Waals surface area contributed by atoms with Crippen molar-refractivity contribution in [2.45, 2.75) is 233 Å². The molecule has 0 spiro atoms. The van der Waals surface area contributed by atoms with Gasteiger partial charge in [0.1, 0.15) is 67.1 Å². The van der Waals surface area contributed by atoms with E-state index in [1.54, 1.807) is 24.4 Å².